The highest BCUT2D eigenvalue weighted by molar-refractivity contribution is 5.96. The van der Waals surface area contributed by atoms with Gasteiger partial charge in [0.25, 0.3) is 0 Å². The van der Waals surface area contributed by atoms with Crippen LogP contribution in [0, 0.1) is 17.5 Å². The summed E-state index contributed by atoms with van der Waals surface area (Å²) in [4.78, 5) is 12.1. The van der Waals surface area contributed by atoms with Crippen LogP contribution in [0.2, 0.25) is 0 Å². The zero-order valence-corrected chi connectivity index (χ0v) is 13.2. The SMILES string of the molecule is CCOc1ccc2cc(C(=O)Oc3cc(F)c(F)c(F)c3)ccc2c1. The summed E-state index contributed by atoms with van der Waals surface area (Å²) in [5.74, 6) is -4.97. The number of esters is 1. The molecule has 0 atom stereocenters. The molecule has 0 aliphatic heterocycles. The zero-order valence-electron chi connectivity index (χ0n) is 13.2. The topological polar surface area (TPSA) is 35.5 Å². The fourth-order valence-electron chi connectivity index (χ4n) is 2.36. The van der Waals surface area contributed by atoms with Gasteiger partial charge in [0.15, 0.2) is 17.5 Å². The maximum Gasteiger partial charge on any atom is 0.343 e. The molecule has 0 spiro atoms. The Balaban J connectivity index is 1.86. The van der Waals surface area contributed by atoms with Gasteiger partial charge in [-0.15, -0.1) is 0 Å². The molecular formula is C19H13F3O3. The molecule has 0 N–H and O–H groups in total. The van der Waals surface area contributed by atoms with Crippen LogP contribution in [-0.2, 0) is 0 Å². The molecule has 3 aromatic carbocycles. The highest BCUT2D eigenvalue weighted by Gasteiger charge is 2.15. The summed E-state index contributed by atoms with van der Waals surface area (Å²) in [7, 11) is 0. The fourth-order valence-corrected chi connectivity index (χ4v) is 2.36. The highest BCUT2D eigenvalue weighted by atomic mass is 19.2. The molecule has 3 aromatic rings. The average Bonchev–Trinajstić information content (AvgIpc) is 2.59. The van der Waals surface area contributed by atoms with E-state index in [-0.39, 0.29) is 5.56 Å². The number of benzene rings is 3. The Hall–Kier alpha value is -3.02. The summed E-state index contributed by atoms with van der Waals surface area (Å²) in [6.07, 6.45) is 0. The van der Waals surface area contributed by atoms with E-state index in [4.69, 9.17) is 9.47 Å². The van der Waals surface area contributed by atoms with Crippen LogP contribution in [0.15, 0.2) is 48.5 Å². The maximum absolute atomic E-state index is 13.2. The third-order valence-electron chi connectivity index (χ3n) is 3.53. The minimum absolute atomic E-state index is 0.196. The molecule has 25 heavy (non-hydrogen) atoms. The summed E-state index contributed by atoms with van der Waals surface area (Å²) in [6, 6.07) is 11.4. The largest absolute Gasteiger partial charge is 0.494 e. The molecule has 0 aromatic heterocycles. The molecule has 6 heteroatoms. The first-order valence-electron chi connectivity index (χ1n) is 7.51. The van der Waals surface area contributed by atoms with Crippen LogP contribution in [0.4, 0.5) is 13.2 Å². The number of hydrogen-bond donors (Lipinski definition) is 0. The lowest BCUT2D eigenvalue weighted by atomic mass is 10.1. The first kappa shape index (κ1) is 16.8. The number of carbonyl (C=O) groups is 1. The standard InChI is InChI=1S/C19H13F3O3/c1-2-24-14-6-5-11-7-13(4-3-12(11)8-14)19(23)25-15-9-16(20)18(22)17(21)10-15/h3-10H,2H2,1H3. The van der Waals surface area contributed by atoms with E-state index in [0.717, 1.165) is 10.8 Å². The van der Waals surface area contributed by atoms with Crippen molar-refractivity contribution in [2.24, 2.45) is 0 Å². The van der Waals surface area contributed by atoms with Crippen LogP contribution in [0.25, 0.3) is 10.8 Å². The van der Waals surface area contributed by atoms with Crippen molar-refractivity contribution in [1.29, 1.82) is 0 Å². The second kappa shape index (κ2) is 6.84. The van der Waals surface area contributed by atoms with Gasteiger partial charge in [0, 0.05) is 12.1 Å². The molecule has 0 radical (unpaired) electrons. The Kier molecular flexibility index (Phi) is 4.61. The third-order valence-corrected chi connectivity index (χ3v) is 3.53. The molecule has 0 amide bonds. The molecule has 0 saturated heterocycles. The Morgan fingerprint density at radius 2 is 1.52 bits per heavy atom. The summed E-state index contributed by atoms with van der Waals surface area (Å²) in [6.45, 7) is 2.42. The van der Waals surface area contributed by atoms with Gasteiger partial charge in [0.2, 0.25) is 0 Å². The molecule has 3 rings (SSSR count). The lowest BCUT2D eigenvalue weighted by molar-refractivity contribution is 0.0733. The van der Waals surface area contributed by atoms with Gasteiger partial charge in [-0.1, -0.05) is 12.1 Å². The summed E-state index contributed by atoms with van der Waals surface area (Å²) >= 11 is 0. The van der Waals surface area contributed by atoms with Crippen LogP contribution >= 0.6 is 0 Å². The minimum atomic E-state index is -1.62. The smallest absolute Gasteiger partial charge is 0.343 e. The third kappa shape index (κ3) is 3.57. The molecule has 0 unspecified atom stereocenters. The summed E-state index contributed by atoms with van der Waals surface area (Å²) in [5, 5.41) is 1.63. The van der Waals surface area contributed by atoms with Crippen molar-refractivity contribution in [2.45, 2.75) is 6.92 Å². The Morgan fingerprint density at radius 3 is 2.20 bits per heavy atom. The first-order valence-corrected chi connectivity index (χ1v) is 7.51. The molecule has 3 nitrogen and oxygen atoms in total. The van der Waals surface area contributed by atoms with E-state index in [9.17, 15) is 18.0 Å². The molecule has 0 aliphatic carbocycles. The van der Waals surface area contributed by atoms with Gasteiger partial charge in [-0.05, 0) is 42.0 Å². The molecular weight excluding hydrogens is 333 g/mol. The lowest BCUT2D eigenvalue weighted by Crippen LogP contribution is -2.09. The minimum Gasteiger partial charge on any atom is -0.494 e. The van der Waals surface area contributed by atoms with E-state index < -0.39 is 29.2 Å². The predicted octanol–water partition coefficient (Wildman–Crippen LogP) is 4.88. The lowest BCUT2D eigenvalue weighted by Gasteiger charge is -2.08. The predicted molar refractivity (Wildman–Crippen MR) is 86.4 cm³/mol. The normalized spacial score (nSPS) is 10.7. The summed E-state index contributed by atoms with van der Waals surface area (Å²) in [5.41, 5.74) is 0.196. The Bertz CT molecular complexity index is 931. The van der Waals surface area contributed by atoms with Crippen molar-refractivity contribution in [2.75, 3.05) is 6.61 Å². The van der Waals surface area contributed by atoms with Gasteiger partial charge in [0.05, 0.1) is 12.2 Å². The quantitative estimate of drug-likeness (QED) is 0.384. The van der Waals surface area contributed by atoms with Crippen LogP contribution < -0.4 is 9.47 Å². The number of hydrogen-bond acceptors (Lipinski definition) is 3. The first-order chi connectivity index (χ1) is 12.0. The van der Waals surface area contributed by atoms with Crippen LogP contribution in [-0.4, -0.2) is 12.6 Å². The second-order valence-electron chi connectivity index (χ2n) is 5.25. The van der Waals surface area contributed by atoms with Gasteiger partial charge in [0.1, 0.15) is 11.5 Å². The highest BCUT2D eigenvalue weighted by Crippen LogP contribution is 2.24. The second-order valence-corrected chi connectivity index (χ2v) is 5.25. The average molecular weight is 346 g/mol. The molecule has 128 valence electrons. The molecule has 0 aliphatic rings. The monoisotopic (exact) mass is 346 g/mol. The molecule has 0 saturated carbocycles. The van der Waals surface area contributed by atoms with Crippen LogP contribution in [0.5, 0.6) is 11.5 Å². The van der Waals surface area contributed by atoms with Gasteiger partial charge in [-0.25, -0.2) is 18.0 Å². The number of ether oxygens (including phenoxy) is 2. The van der Waals surface area contributed by atoms with E-state index in [2.05, 4.69) is 0 Å². The van der Waals surface area contributed by atoms with Gasteiger partial charge < -0.3 is 9.47 Å². The van der Waals surface area contributed by atoms with E-state index in [1.165, 1.54) is 6.07 Å². The Morgan fingerprint density at radius 1 is 0.880 bits per heavy atom. The van der Waals surface area contributed by atoms with Crippen molar-refractivity contribution in [3.05, 3.63) is 71.5 Å². The number of rotatable bonds is 4. The van der Waals surface area contributed by atoms with Crippen LogP contribution in [0.3, 0.4) is 0 Å². The van der Waals surface area contributed by atoms with Gasteiger partial charge in [-0.2, -0.15) is 0 Å². The number of halogens is 3. The zero-order chi connectivity index (χ0) is 18.0. The van der Waals surface area contributed by atoms with Gasteiger partial charge >= 0.3 is 5.97 Å². The van der Waals surface area contributed by atoms with Crippen molar-refractivity contribution in [3.8, 4) is 11.5 Å². The number of carbonyl (C=O) groups excluding carboxylic acids is 1. The van der Waals surface area contributed by atoms with Crippen molar-refractivity contribution < 1.29 is 27.4 Å². The fraction of sp³-hybridized carbons (Fsp3) is 0.105. The van der Waals surface area contributed by atoms with Crippen molar-refractivity contribution >= 4 is 16.7 Å². The maximum atomic E-state index is 13.2. The molecule has 0 heterocycles. The van der Waals surface area contributed by atoms with Crippen molar-refractivity contribution in [3.63, 3.8) is 0 Å². The van der Waals surface area contributed by atoms with E-state index >= 15 is 0 Å². The van der Waals surface area contributed by atoms with E-state index in [0.29, 0.717) is 24.5 Å². The van der Waals surface area contributed by atoms with E-state index in [1.807, 2.05) is 13.0 Å². The van der Waals surface area contributed by atoms with Gasteiger partial charge in [-0.3, -0.25) is 0 Å². The molecule has 0 bridgehead atoms. The van der Waals surface area contributed by atoms with Crippen molar-refractivity contribution in [1.82, 2.24) is 0 Å². The molecule has 0 fully saturated rings. The Labute approximate surface area is 141 Å². The van der Waals surface area contributed by atoms with Crippen LogP contribution in [0.1, 0.15) is 17.3 Å². The number of fused-ring (bicyclic) bond motifs is 1. The van der Waals surface area contributed by atoms with E-state index in [1.54, 1.807) is 24.3 Å². The summed E-state index contributed by atoms with van der Waals surface area (Å²) < 4.78 is 49.6.